The van der Waals surface area contributed by atoms with E-state index in [2.05, 4.69) is 4.74 Å². The molecule has 0 aliphatic heterocycles. The van der Waals surface area contributed by atoms with Gasteiger partial charge in [-0.1, -0.05) is 6.07 Å². The molecule has 1 aromatic carbocycles. The molecule has 0 spiro atoms. The van der Waals surface area contributed by atoms with Crippen LogP contribution >= 0.6 is 0 Å². The summed E-state index contributed by atoms with van der Waals surface area (Å²) in [5.41, 5.74) is 7.13. The van der Waals surface area contributed by atoms with Crippen LogP contribution in [-0.2, 0) is 11.2 Å². The van der Waals surface area contributed by atoms with Crippen LogP contribution in [0, 0.1) is 0 Å². The normalized spacial score (nSPS) is 23.0. The number of carbonyl (C=O) groups is 1. The Morgan fingerprint density at radius 3 is 2.88 bits per heavy atom. The molecule has 2 rings (SSSR count). The molecule has 0 aromatic heterocycles. The van der Waals surface area contributed by atoms with Gasteiger partial charge in [-0.3, -0.25) is 0 Å². The van der Waals surface area contributed by atoms with Crippen LogP contribution in [0.2, 0.25) is 0 Å². The molecule has 0 radical (unpaired) electrons. The molecule has 1 aliphatic carbocycles. The molecule has 5 nitrogen and oxygen atoms in total. The second kappa shape index (κ2) is 4.35. The average molecular weight is 237 g/mol. The number of ether oxygens (including phenoxy) is 1. The number of phenols is 1. The highest BCUT2D eigenvalue weighted by Gasteiger charge is 2.30. The summed E-state index contributed by atoms with van der Waals surface area (Å²) in [6, 6.07) is 2.64. The van der Waals surface area contributed by atoms with Gasteiger partial charge in [0.15, 0.2) is 0 Å². The van der Waals surface area contributed by atoms with E-state index in [4.69, 9.17) is 5.73 Å². The molecule has 92 valence electrons. The topological polar surface area (TPSA) is 92.8 Å². The van der Waals surface area contributed by atoms with Gasteiger partial charge in [-0.25, -0.2) is 4.79 Å². The number of hydrogen-bond donors (Lipinski definition) is 3. The lowest BCUT2D eigenvalue weighted by molar-refractivity contribution is 0.0594. The van der Waals surface area contributed by atoms with Crippen LogP contribution in [0.15, 0.2) is 12.1 Å². The van der Waals surface area contributed by atoms with E-state index >= 15 is 0 Å². The Hall–Kier alpha value is -1.59. The Labute approximate surface area is 98.8 Å². The van der Waals surface area contributed by atoms with Gasteiger partial charge in [0.05, 0.1) is 13.2 Å². The number of hydrogen-bond acceptors (Lipinski definition) is 5. The largest absolute Gasteiger partial charge is 0.507 e. The van der Waals surface area contributed by atoms with E-state index in [1.165, 1.54) is 13.2 Å². The van der Waals surface area contributed by atoms with Crippen molar-refractivity contribution in [3.63, 3.8) is 0 Å². The van der Waals surface area contributed by atoms with Gasteiger partial charge in [0.25, 0.3) is 0 Å². The zero-order valence-corrected chi connectivity index (χ0v) is 9.51. The fourth-order valence-electron chi connectivity index (χ4n) is 2.23. The summed E-state index contributed by atoms with van der Waals surface area (Å²) in [5.74, 6) is -0.722. The van der Waals surface area contributed by atoms with E-state index in [1.807, 2.05) is 0 Å². The summed E-state index contributed by atoms with van der Waals surface area (Å²) in [6.07, 6.45) is 0.316. The molecule has 1 aliphatic rings. The first-order chi connectivity index (χ1) is 8.06. The standard InChI is InChI=1S/C12H15NO4/c1-17-12(16)10-6-2-4-8(13)11(15)7(6)3-5-9(10)14/h3,5,8,11,14-15H,2,4,13H2,1H3/t8-,11-/m0/s1. The number of aliphatic hydroxyl groups excluding tert-OH is 1. The Morgan fingerprint density at radius 1 is 1.53 bits per heavy atom. The molecule has 17 heavy (non-hydrogen) atoms. The van der Waals surface area contributed by atoms with Gasteiger partial charge in [-0.05, 0) is 30.0 Å². The third-order valence-electron chi connectivity index (χ3n) is 3.17. The van der Waals surface area contributed by atoms with Gasteiger partial charge in [0.1, 0.15) is 11.3 Å². The summed E-state index contributed by atoms with van der Waals surface area (Å²) in [5, 5.41) is 19.6. The molecule has 0 bridgehead atoms. The van der Waals surface area contributed by atoms with Crippen molar-refractivity contribution in [3.05, 3.63) is 28.8 Å². The van der Waals surface area contributed by atoms with E-state index in [0.29, 0.717) is 24.0 Å². The van der Waals surface area contributed by atoms with Crippen molar-refractivity contribution < 1.29 is 19.7 Å². The van der Waals surface area contributed by atoms with Gasteiger partial charge in [0.2, 0.25) is 0 Å². The number of benzene rings is 1. The molecule has 0 amide bonds. The van der Waals surface area contributed by atoms with Crippen LogP contribution in [0.25, 0.3) is 0 Å². The van der Waals surface area contributed by atoms with Crippen LogP contribution < -0.4 is 5.73 Å². The summed E-state index contributed by atoms with van der Waals surface area (Å²) < 4.78 is 4.63. The molecule has 4 N–H and O–H groups in total. The maximum absolute atomic E-state index is 11.6. The minimum absolute atomic E-state index is 0.127. The first kappa shape index (κ1) is 11.9. The lowest BCUT2D eigenvalue weighted by Gasteiger charge is -2.28. The molecular weight excluding hydrogens is 222 g/mol. The zero-order chi connectivity index (χ0) is 12.6. The minimum atomic E-state index is -0.803. The van der Waals surface area contributed by atoms with Crippen molar-refractivity contribution in [2.24, 2.45) is 5.73 Å². The number of fused-ring (bicyclic) bond motifs is 1. The third kappa shape index (κ3) is 1.87. The van der Waals surface area contributed by atoms with Crippen molar-refractivity contribution in [3.8, 4) is 5.75 Å². The Kier molecular flexibility index (Phi) is 3.04. The van der Waals surface area contributed by atoms with Crippen LogP contribution in [0.1, 0.15) is 34.0 Å². The van der Waals surface area contributed by atoms with Gasteiger partial charge < -0.3 is 20.7 Å². The van der Waals surface area contributed by atoms with Crippen LogP contribution in [0.3, 0.4) is 0 Å². The van der Waals surface area contributed by atoms with E-state index in [-0.39, 0.29) is 17.4 Å². The lowest BCUT2D eigenvalue weighted by atomic mass is 9.83. The Balaban J connectivity index is 2.57. The quantitative estimate of drug-likeness (QED) is 0.618. The van der Waals surface area contributed by atoms with Crippen LogP contribution in [0.5, 0.6) is 5.75 Å². The lowest BCUT2D eigenvalue weighted by Crippen LogP contribution is -2.33. The van der Waals surface area contributed by atoms with Gasteiger partial charge in [0, 0.05) is 6.04 Å². The molecule has 0 saturated heterocycles. The molecule has 0 saturated carbocycles. The first-order valence-corrected chi connectivity index (χ1v) is 5.43. The highest BCUT2D eigenvalue weighted by atomic mass is 16.5. The van der Waals surface area contributed by atoms with Crippen LogP contribution in [0.4, 0.5) is 0 Å². The van der Waals surface area contributed by atoms with E-state index in [9.17, 15) is 15.0 Å². The maximum atomic E-state index is 11.6. The first-order valence-electron chi connectivity index (χ1n) is 5.43. The molecule has 2 atom stereocenters. The van der Waals surface area contributed by atoms with Gasteiger partial charge >= 0.3 is 5.97 Å². The van der Waals surface area contributed by atoms with E-state index in [1.54, 1.807) is 6.07 Å². The number of nitrogens with two attached hydrogens (primary N) is 1. The molecule has 0 heterocycles. The Bertz CT molecular complexity index is 458. The monoisotopic (exact) mass is 237 g/mol. The van der Waals surface area contributed by atoms with Crippen molar-refractivity contribution in [1.82, 2.24) is 0 Å². The van der Waals surface area contributed by atoms with Crippen molar-refractivity contribution in [2.75, 3.05) is 7.11 Å². The number of aliphatic hydroxyl groups is 1. The summed E-state index contributed by atoms with van der Waals surface area (Å²) >= 11 is 0. The fourth-order valence-corrected chi connectivity index (χ4v) is 2.23. The van der Waals surface area contributed by atoms with Crippen molar-refractivity contribution in [2.45, 2.75) is 25.0 Å². The van der Waals surface area contributed by atoms with E-state index < -0.39 is 12.1 Å². The number of rotatable bonds is 1. The zero-order valence-electron chi connectivity index (χ0n) is 9.51. The van der Waals surface area contributed by atoms with Crippen molar-refractivity contribution in [1.29, 1.82) is 0 Å². The van der Waals surface area contributed by atoms with Crippen molar-refractivity contribution >= 4 is 5.97 Å². The SMILES string of the molecule is COC(=O)c1c(O)ccc2c1CC[C@H](N)[C@H]2O. The predicted octanol–water partition coefficient (Wildman–Crippen LogP) is 0.486. The minimum Gasteiger partial charge on any atom is -0.507 e. The highest BCUT2D eigenvalue weighted by Crippen LogP contribution is 2.35. The number of carbonyl (C=O) groups excluding carboxylic acids is 1. The number of methoxy groups -OCH3 is 1. The summed E-state index contributed by atoms with van der Waals surface area (Å²) in [6.45, 7) is 0. The summed E-state index contributed by atoms with van der Waals surface area (Å²) in [4.78, 5) is 11.6. The highest BCUT2D eigenvalue weighted by molar-refractivity contribution is 5.94. The number of phenolic OH excluding ortho intramolecular Hbond substituents is 1. The van der Waals surface area contributed by atoms with E-state index in [0.717, 1.165) is 0 Å². The molecule has 5 heteroatoms. The second-order valence-corrected chi connectivity index (χ2v) is 4.17. The molecular formula is C12H15NO4. The van der Waals surface area contributed by atoms with Crippen LogP contribution in [-0.4, -0.2) is 29.3 Å². The van der Waals surface area contributed by atoms with Gasteiger partial charge in [-0.2, -0.15) is 0 Å². The average Bonchev–Trinajstić information content (AvgIpc) is 2.33. The predicted molar refractivity (Wildman–Crippen MR) is 60.7 cm³/mol. The second-order valence-electron chi connectivity index (χ2n) is 4.17. The fraction of sp³-hybridized carbons (Fsp3) is 0.417. The molecule has 0 fully saturated rings. The smallest absolute Gasteiger partial charge is 0.341 e. The van der Waals surface area contributed by atoms with Gasteiger partial charge in [-0.15, -0.1) is 0 Å². The Morgan fingerprint density at radius 2 is 2.24 bits per heavy atom. The summed E-state index contributed by atoms with van der Waals surface area (Å²) in [7, 11) is 1.26. The molecule has 0 unspecified atom stereocenters. The molecule has 1 aromatic rings. The third-order valence-corrected chi connectivity index (χ3v) is 3.17. The maximum Gasteiger partial charge on any atom is 0.341 e. The number of esters is 1. The number of aromatic hydroxyl groups is 1.